The third-order valence-corrected chi connectivity index (χ3v) is 22.8. The molecule has 0 saturated heterocycles. The van der Waals surface area contributed by atoms with Gasteiger partial charge >= 0.3 is 39.5 Å². The first kappa shape index (κ1) is 104. The Bertz CT molecular complexity index is 2020. The van der Waals surface area contributed by atoms with Gasteiger partial charge in [0.15, 0.2) is 12.2 Å². The van der Waals surface area contributed by atoms with Gasteiger partial charge in [-0.25, -0.2) is 9.13 Å². The Labute approximate surface area is 651 Å². The molecule has 0 aromatic carbocycles. The molecule has 3 N–H and O–H groups in total. The SMILES string of the molecule is CCCCCCCCCCCCCCCCCCCCCCCCC(=O)O[C@H](COC(=O)CCCCCCCCCCCCCCCCC(C)CC)COP(=O)(O)OC[C@@H](O)COP(=O)(O)OC[C@@H](COC(=O)CCCCCCCCCC)OC(=O)CCCCCCCCCCCCCCCCCCCC. The van der Waals surface area contributed by atoms with Gasteiger partial charge in [0.1, 0.15) is 19.3 Å². The van der Waals surface area contributed by atoms with E-state index in [4.69, 9.17) is 37.0 Å². The Balaban J connectivity index is 5.18. The molecule has 3 unspecified atom stereocenters. The summed E-state index contributed by atoms with van der Waals surface area (Å²) in [5.41, 5.74) is 0. The smallest absolute Gasteiger partial charge is 0.462 e. The van der Waals surface area contributed by atoms with E-state index >= 15 is 0 Å². The topological polar surface area (TPSA) is 237 Å². The number of phosphoric acid groups is 2. The third kappa shape index (κ3) is 78.7. The van der Waals surface area contributed by atoms with Gasteiger partial charge in [0.2, 0.25) is 0 Å². The standard InChI is InChI=1S/C87H170O17P2/c1-6-10-13-16-19-22-24-26-28-30-32-33-34-35-37-39-45-49-53-58-63-68-73-87(92)104-83(77-98-85(90)71-66-61-56-51-47-43-41-40-42-46-50-54-59-64-69-80(5)9-4)79-102-106(95,96)100-75-81(88)74-99-105(93,94)101-78-82(76-97-84(89)70-65-60-55-21-18-15-12-8-3)103-86(91)72-67-62-57-52-48-44-38-36-31-29-27-25-23-20-17-14-11-7-2/h80-83,88H,6-79H2,1-5H3,(H,93,94)(H,95,96)/t80?,81-,82+,83+/m0/s1. The lowest BCUT2D eigenvalue weighted by Gasteiger charge is -2.21. The van der Waals surface area contributed by atoms with Gasteiger partial charge < -0.3 is 33.8 Å². The number of phosphoric ester groups is 2. The van der Waals surface area contributed by atoms with Crippen molar-refractivity contribution >= 4 is 39.5 Å². The van der Waals surface area contributed by atoms with Crippen LogP contribution in [-0.4, -0.2) is 96.7 Å². The van der Waals surface area contributed by atoms with Gasteiger partial charge in [0.05, 0.1) is 26.4 Å². The monoisotopic (exact) mass is 1550 g/mol. The summed E-state index contributed by atoms with van der Waals surface area (Å²) >= 11 is 0. The molecule has 0 radical (unpaired) electrons. The fourth-order valence-corrected chi connectivity index (χ4v) is 15.2. The molecular weight excluding hydrogens is 1380 g/mol. The van der Waals surface area contributed by atoms with Crippen LogP contribution in [0.4, 0.5) is 0 Å². The molecule has 17 nitrogen and oxygen atoms in total. The largest absolute Gasteiger partial charge is 0.472 e. The van der Waals surface area contributed by atoms with Crippen LogP contribution < -0.4 is 0 Å². The van der Waals surface area contributed by atoms with Crippen LogP contribution >= 0.6 is 15.6 Å². The maximum absolute atomic E-state index is 13.1. The average Bonchev–Trinajstić information content (AvgIpc) is 0.956. The minimum Gasteiger partial charge on any atom is -0.462 e. The zero-order valence-corrected chi connectivity index (χ0v) is 71.4. The summed E-state index contributed by atoms with van der Waals surface area (Å²) in [6.45, 7) is 7.40. The minimum absolute atomic E-state index is 0.109. The van der Waals surface area contributed by atoms with E-state index in [9.17, 15) is 43.2 Å². The van der Waals surface area contributed by atoms with Crippen molar-refractivity contribution in [1.29, 1.82) is 0 Å². The van der Waals surface area contributed by atoms with E-state index in [0.29, 0.717) is 25.7 Å². The highest BCUT2D eigenvalue weighted by Crippen LogP contribution is 2.45. The molecule has 106 heavy (non-hydrogen) atoms. The van der Waals surface area contributed by atoms with Gasteiger partial charge in [-0.15, -0.1) is 0 Å². The molecule has 0 spiro atoms. The second-order valence-electron chi connectivity index (χ2n) is 31.5. The molecule has 0 aliphatic rings. The molecular formula is C87H170O17P2. The summed E-state index contributed by atoms with van der Waals surface area (Å²) in [4.78, 5) is 73.1. The van der Waals surface area contributed by atoms with Gasteiger partial charge in [-0.1, -0.05) is 420 Å². The maximum atomic E-state index is 13.1. The van der Waals surface area contributed by atoms with E-state index in [2.05, 4.69) is 34.6 Å². The van der Waals surface area contributed by atoms with Gasteiger partial charge in [-0.2, -0.15) is 0 Å². The van der Waals surface area contributed by atoms with Crippen LogP contribution in [0.3, 0.4) is 0 Å². The highest BCUT2D eigenvalue weighted by Gasteiger charge is 2.30. The molecule has 0 amide bonds. The van der Waals surface area contributed by atoms with Crippen molar-refractivity contribution < 1.29 is 80.2 Å². The lowest BCUT2D eigenvalue weighted by molar-refractivity contribution is -0.161. The Kier molecular flexibility index (Phi) is 78.2. The lowest BCUT2D eigenvalue weighted by Crippen LogP contribution is -2.30. The number of aliphatic hydroxyl groups is 1. The number of aliphatic hydroxyl groups excluding tert-OH is 1. The predicted molar refractivity (Wildman–Crippen MR) is 437 cm³/mol. The van der Waals surface area contributed by atoms with Crippen molar-refractivity contribution in [2.75, 3.05) is 39.6 Å². The van der Waals surface area contributed by atoms with Crippen molar-refractivity contribution in [2.45, 2.75) is 490 Å². The van der Waals surface area contributed by atoms with E-state index in [-0.39, 0.29) is 25.7 Å². The Morgan fingerprint density at radius 3 is 0.670 bits per heavy atom. The molecule has 0 bridgehead atoms. The summed E-state index contributed by atoms with van der Waals surface area (Å²) in [7, 11) is -9.92. The van der Waals surface area contributed by atoms with Crippen LogP contribution in [0, 0.1) is 5.92 Å². The molecule has 6 atom stereocenters. The van der Waals surface area contributed by atoms with Gasteiger partial charge in [-0.05, 0) is 31.6 Å². The van der Waals surface area contributed by atoms with Crippen molar-refractivity contribution in [2.24, 2.45) is 5.92 Å². The predicted octanol–water partition coefficient (Wildman–Crippen LogP) is 26.8. The van der Waals surface area contributed by atoms with Crippen LogP contribution in [0.2, 0.25) is 0 Å². The number of hydrogen-bond donors (Lipinski definition) is 3. The Morgan fingerprint density at radius 2 is 0.453 bits per heavy atom. The van der Waals surface area contributed by atoms with Crippen molar-refractivity contribution in [3.63, 3.8) is 0 Å². The number of carbonyl (C=O) groups is 4. The van der Waals surface area contributed by atoms with Crippen LogP contribution in [0.1, 0.15) is 471 Å². The summed E-state index contributed by atoms with van der Waals surface area (Å²) in [5.74, 6) is -1.25. The molecule has 0 aromatic rings. The molecule has 0 aromatic heterocycles. The van der Waals surface area contributed by atoms with E-state index in [0.717, 1.165) is 95.8 Å². The van der Waals surface area contributed by atoms with Crippen molar-refractivity contribution in [1.82, 2.24) is 0 Å². The van der Waals surface area contributed by atoms with Gasteiger partial charge in [0, 0.05) is 25.7 Å². The highest BCUT2D eigenvalue weighted by atomic mass is 31.2. The van der Waals surface area contributed by atoms with Crippen molar-refractivity contribution in [3.8, 4) is 0 Å². The second kappa shape index (κ2) is 79.7. The first-order valence-electron chi connectivity index (χ1n) is 45.2. The molecule has 630 valence electrons. The first-order valence-corrected chi connectivity index (χ1v) is 48.2. The van der Waals surface area contributed by atoms with Crippen LogP contribution in [0.5, 0.6) is 0 Å². The van der Waals surface area contributed by atoms with E-state index in [1.807, 2.05) is 0 Å². The van der Waals surface area contributed by atoms with E-state index in [1.54, 1.807) is 0 Å². The van der Waals surface area contributed by atoms with Crippen LogP contribution in [0.15, 0.2) is 0 Å². The molecule has 19 heteroatoms. The first-order chi connectivity index (χ1) is 51.6. The third-order valence-electron chi connectivity index (χ3n) is 20.9. The highest BCUT2D eigenvalue weighted by molar-refractivity contribution is 7.47. The minimum atomic E-state index is -4.97. The summed E-state index contributed by atoms with van der Waals surface area (Å²) < 4.78 is 68.8. The van der Waals surface area contributed by atoms with Crippen molar-refractivity contribution in [3.05, 3.63) is 0 Å². The quantitative estimate of drug-likeness (QED) is 0.0222. The number of unbranched alkanes of at least 4 members (excludes halogenated alkanes) is 58. The zero-order valence-electron chi connectivity index (χ0n) is 69.6. The van der Waals surface area contributed by atoms with Crippen LogP contribution in [-0.2, 0) is 65.4 Å². The van der Waals surface area contributed by atoms with Crippen LogP contribution in [0.25, 0.3) is 0 Å². The molecule has 0 saturated carbocycles. The Hall–Kier alpha value is -1.94. The normalized spacial score (nSPS) is 14.0. The number of rotatable bonds is 87. The summed E-state index contributed by atoms with van der Waals surface area (Å²) in [6.07, 6.45) is 73.7. The summed E-state index contributed by atoms with van der Waals surface area (Å²) in [5, 5.41) is 10.7. The maximum Gasteiger partial charge on any atom is 0.472 e. The van der Waals surface area contributed by atoms with Gasteiger partial charge in [-0.3, -0.25) is 37.3 Å². The number of carbonyl (C=O) groups excluding carboxylic acids is 4. The molecule has 0 fully saturated rings. The fourth-order valence-electron chi connectivity index (χ4n) is 13.6. The molecule has 0 rings (SSSR count). The fraction of sp³-hybridized carbons (Fsp3) is 0.954. The molecule has 0 aliphatic heterocycles. The average molecular weight is 1550 g/mol. The molecule has 0 heterocycles. The Morgan fingerprint density at radius 1 is 0.264 bits per heavy atom. The summed E-state index contributed by atoms with van der Waals surface area (Å²) in [6, 6.07) is 0. The zero-order chi connectivity index (χ0) is 77.6. The van der Waals surface area contributed by atoms with E-state index in [1.165, 1.54) is 295 Å². The van der Waals surface area contributed by atoms with E-state index < -0.39 is 97.5 Å². The van der Waals surface area contributed by atoms with Gasteiger partial charge in [0.25, 0.3) is 0 Å². The molecule has 0 aliphatic carbocycles. The number of hydrogen-bond acceptors (Lipinski definition) is 15. The second-order valence-corrected chi connectivity index (χ2v) is 34.4. The lowest BCUT2D eigenvalue weighted by atomic mass is 9.99. The number of ether oxygens (including phenoxy) is 4. The number of esters is 4.